The van der Waals surface area contributed by atoms with Crippen molar-refractivity contribution in [3.8, 4) is 0 Å². The van der Waals surface area contributed by atoms with Gasteiger partial charge in [0, 0.05) is 14.1 Å². The van der Waals surface area contributed by atoms with Crippen molar-refractivity contribution in [2.45, 2.75) is 52.7 Å². The summed E-state index contributed by atoms with van der Waals surface area (Å²) in [5.41, 5.74) is -1.18. The summed E-state index contributed by atoms with van der Waals surface area (Å²) in [5.74, 6) is 0. The van der Waals surface area contributed by atoms with Gasteiger partial charge in [-0.25, -0.2) is 14.4 Å². The molecule has 0 aromatic carbocycles. The number of amides is 2. The van der Waals surface area contributed by atoms with E-state index in [0.29, 0.717) is 0 Å². The first-order valence-corrected chi connectivity index (χ1v) is 8.39. The summed E-state index contributed by atoms with van der Waals surface area (Å²) in [7, 11) is 3.08. The first-order valence-electron chi connectivity index (χ1n) is 8.39. The summed E-state index contributed by atoms with van der Waals surface area (Å²) in [6, 6.07) is 0. The van der Waals surface area contributed by atoms with Crippen molar-refractivity contribution in [2.75, 3.05) is 40.4 Å². The Bertz CT molecular complexity index is 438. The molecule has 0 aliphatic carbocycles. The van der Waals surface area contributed by atoms with E-state index in [1.807, 2.05) is 0 Å². The molecule has 0 unspecified atom stereocenters. The molecule has 0 aromatic rings. The van der Waals surface area contributed by atoms with Crippen molar-refractivity contribution in [1.29, 1.82) is 0 Å². The van der Waals surface area contributed by atoms with E-state index in [1.165, 1.54) is 9.80 Å². The highest BCUT2D eigenvalue weighted by Crippen LogP contribution is 2.09. The largest absolute Gasteiger partial charge is 0.508 e. The summed E-state index contributed by atoms with van der Waals surface area (Å²) in [4.78, 5) is 37.5. The molecule has 0 saturated heterocycles. The van der Waals surface area contributed by atoms with E-state index in [9.17, 15) is 14.4 Å². The highest BCUT2D eigenvalue weighted by atomic mass is 16.7. The van der Waals surface area contributed by atoms with Crippen LogP contribution in [0.15, 0.2) is 0 Å². The summed E-state index contributed by atoms with van der Waals surface area (Å²) >= 11 is 0. The first-order chi connectivity index (χ1) is 11.7. The molecule has 0 atom stereocenters. The Balaban J connectivity index is 3.97. The number of carbonyl (C=O) groups is 3. The Hall–Kier alpha value is -2.19. The minimum Gasteiger partial charge on any atom is -0.444 e. The second-order valence-electron chi connectivity index (χ2n) is 7.75. The van der Waals surface area contributed by atoms with E-state index in [2.05, 4.69) is 0 Å². The second kappa shape index (κ2) is 10.1. The van der Waals surface area contributed by atoms with Gasteiger partial charge in [0.05, 0.1) is 13.1 Å². The molecule has 0 rings (SSSR count). The molecule has 0 saturated carbocycles. The smallest absolute Gasteiger partial charge is 0.444 e. The Kier molecular flexibility index (Phi) is 9.23. The molecule has 9 heteroatoms. The molecule has 0 N–H and O–H groups in total. The van der Waals surface area contributed by atoms with Crippen LogP contribution in [0.5, 0.6) is 0 Å². The lowest BCUT2D eigenvalue weighted by Crippen LogP contribution is -2.37. The normalized spacial score (nSPS) is 11.4. The maximum Gasteiger partial charge on any atom is 0.508 e. The lowest BCUT2D eigenvalue weighted by Gasteiger charge is -2.24. The molecule has 0 heterocycles. The van der Waals surface area contributed by atoms with E-state index in [-0.39, 0.29) is 26.3 Å². The first kappa shape index (κ1) is 23.8. The van der Waals surface area contributed by atoms with Crippen LogP contribution in [-0.2, 0) is 18.9 Å². The summed E-state index contributed by atoms with van der Waals surface area (Å²) in [6.07, 6.45) is -1.89. The van der Waals surface area contributed by atoms with Crippen molar-refractivity contribution < 1.29 is 33.3 Å². The predicted octanol–water partition coefficient (Wildman–Crippen LogP) is 2.87. The fourth-order valence-electron chi connectivity index (χ4n) is 1.44. The van der Waals surface area contributed by atoms with Crippen molar-refractivity contribution in [3.05, 3.63) is 0 Å². The number of hydrogen-bond donors (Lipinski definition) is 0. The molecule has 0 fully saturated rings. The van der Waals surface area contributed by atoms with Crippen LogP contribution < -0.4 is 0 Å². The van der Waals surface area contributed by atoms with Crippen molar-refractivity contribution in [2.24, 2.45) is 0 Å². The van der Waals surface area contributed by atoms with Gasteiger partial charge in [-0.2, -0.15) is 0 Å². The lowest BCUT2D eigenvalue weighted by molar-refractivity contribution is 0.0144. The van der Waals surface area contributed by atoms with Crippen molar-refractivity contribution >= 4 is 18.3 Å². The van der Waals surface area contributed by atoms with E-state index >= 15 is 0 Å². The van der Waals surface area contributed by atoms with Crippen LogP contribution in [-0.4, -0.2) is 79.7 Å². The SMILES string of the molecule is CN(CCOC(=O)OCCN(C)C(=O)OC(C)(C)C)C(=O)OC(C)(C)C. The van der Waals surface area contributed by atoms with Crippen LogP contribution in [0.2, 0.25) is 0 Å². The Morgan fingerprint density at radius 1 is 0.692 bits per heavy atom. The minimum absolute atomic E-state index is 0.0313. The molecule has 0 spiro atoms. The second-order valence-corrected chi connectivity index (χ2v) is 7.75. The topological polar surface area (TPSA) is 94.6 Å². The van der Waals surface area contributed by atoms with Crippen LogP contribution in [0.1, 0.15) is 41.5 Å². The van der Waals surface area contributed by atoms with E-state index in [1.54, 1.807) is 55.6 Å². The van der Waals surface area contributed by atoms with E-state index in [0.717, 1.165) is 0 Å². The van der Waals surface area contributed by atoms with Crippen LogP contribution in [0.25, 0.3) is 0 Å². The molecular formula is C17H32N2O7. The molecule has 26 heavy (non-hydrogen) atoms. The molecule has 0 aliphatic heterocycles. The summed E-state index contributed by atoms with van der Waals surface area (Å²) in [5, 5.41) is 0. The predicted molar refractivity (Wildman–Crippen MR) is 95.0 cm³/mol. The van der Waals surface area contributed by atoms with Crippen LogP contribution in [0.3, 0.4) is 0 Å². The Morgan fingerprint density at radius 3 is 1.27 bits per heavy atom. The van der Waals surface area contributed by atoms with Crippen molar-refractivity contribution in [1.82, 2.24) is 9.80 Å². The minimum atomic E-state index is -0.875. The summed E-state index contributed by atoms with van der Waals surface area (Å²) < 4.78 is 20.1. The van der Waals surface area contributed by atoms with Crippen LogP contribution in [0.4, 0.5) is 14.4 Å². The molecule has 2 amide bonds. The van der Waals surface area contributed by atoms with Gasteiger partial charge in [0.15, 0.2) is 0 Å². The van der Waals surface area contributed by atoms with E-state index < -0.39 is 29.5 Å². The van der Waals surface area contributed by atoms with Gasteiger partial charge >= 0.3 is 18.3 Å². The maximum absolute atomic E-state index is 11.7. The number of carbonyl (C=O) groups excluding carboxylic acids is 3. The van der Waals surface area contributed by atoms with Gasteiger partial charge in [0.2, 0.25) is 0 Å². The Labute approximate surface area is 155 Å². The molecule has 152 valence electrons. The zero-order valence-electron chi connectivity index (χ0n) is 17.1. The average Bonchev–Trinajstić information content (AvgIpc) is 2.43. The fraction of sp³-hybridized carbons (Fsp3) is 0.824. The van der Waals surface area contributed by atoms with Gasteiger partial charge < -0.3 is 28.7 Å². The van der Waals surface area contributed by atoms with Crippen molar-refractivity contribution in [3.63, 3.8) is 0 Å². The summed E-state index contributed by atoms with van der Waals surface area (Å²) in [6.45, 7) is 10.9. The van der Waals surface area contributed by atoms with E-state index in [4.69, 9.17) is 18.9 Å². The highest BCUT2D eigenvalue weighted by molar-refractivity contribution is 5.68. The highest BCUT2D eigenvalue weighted by Gasteiger charge is 2.21. The van der Waals surface area contributed by atoms with Gasteiger partial charge in [-0.05, 0) is 41.5 Å². The molecule has 0 aromatic heterocycles. The zero-order chi connectivity index (χ0) is 20.5. The van der Waals surface area contributed by atoms with Crippen LogP contribution >= 0.6 is 0 Å². The third-order valence-corrected chi connectivity index (χ3v) is 2.70. The third kappa shape index (κ3) is 12.2. The van der Waals surface area contributed by atoms with Gasteiger partial charge in [-0.15, -0.1) is 0 Å². The van der Waals surface area contributed by atoms with Gasteiger partial charge in [-0.1, -0.05) is 0 Å². The molecule has 0 radical (unpaired) electrons. The Morgan fingerprint density at radius 2 is 1.00 bits per heavy atom. The van der Waals surface area contributed by atoms with Gasteiger partial charge in [0.1, 0.15) is 24.4 Å². The molecule has 9 nitrogen and oxygen atoms in total. The van der Waals surface area contributed by atoms with Crippen LogP contribution in [0, 0.1) is 0 Å². The lowest BCUT2D eigenvalue weighted by atomic mass is 10.2. The number of hydrogen-bond acceptors (Lipinski definition) is 7. The number of ether oxygens (including phenoxy) is 4. The molecule has 0 bridgehead atoms. The fourth-order valence-corrected chi connectivity index (χ4v) is 1.44. The quantitative estimate of drug-likeness (QED) is 0.519. The molecule has 0 aliphatic rings. The number of likely N-dealkylation sites (N-methyl/N-ethyl adjacent to an activating group) is 2. The third-order valence-electron chi connectivity index (χ3n) is 2.70. The number of nitrogens with zero attached hydrogens (tertiary/aromatic N) is 2. The molecular weight excluding hydrogens is 344 g/mol. The standard InChI is InChI=1S/C17H32N2O7/c1-16(2,3)25-13(20)18(7)9-11-23-15(22)24-12-10-19(8)14(21)26-17(4,5)6/h9-12H2,1-8H3. The zero-order valence-corrected chi connectivity index (χ0v) is 17.1. The average molecular weight is 376 g/mol. The monoisotopic (exact) mass is 376 g/mol. The maximum atomic E-state index is 11.7. The number of rotatable bonds is 6. The van der Waals surface area contributed by atoms with Gasteiger partial charge in [-0.3, -0.25) is 0 Å². The van der Waals surface area contributed by atoms with Gasteiger partial charge in [0.25, 0.3) is 0 Å².